The molecule has 0 spiro atoms. The molecule has 7 rings (SSSR count). The van der Waals surface area contributed by atoms with Gasteiger partial charge >= 0.3 is 13.4 Å². The number of nitrogens with one attached hydrogen (secondary N) is 3. The predicted molar refractivity (Wildman–Crippen MR) is 241 cm³/mol. The standard InChI is InChI=1S/C42H54N9O13PS/c1-3-49(4-2)29-16-13-26-22-27(40(55)63-31(26)23-29)14-15-28-17-18-30(66(58,59)60)24-50(28)21-11-7-8-12-33(52)44-19-9-5-6-10-20-45-42-46-34-37(47-41(43)48-38(34)54)51(42)39-35(53)36-32(62-39)25-61-65(56,57)64-36/h13-18,22-24,32,35-36,39,53H,3-12,19-21,25H2,1-2H3,(H6-,43,44,45,46,47,48,52,54,56,57,58,59,60)/t32-,35-,36-,39-/m1/s1. The van der Waals surface area contributed by atoms with E-state index in [2.05, 4.69) is 30.5 Å². The molecule has 66 heavy (non-hydrogen) atoms. The lowest BCUT2D eigenvalue weighted by Crippen LogP contribution is -2.39. The molecule has 1 unspecified atom stereocenters. The van der Waals surface area contributed by atoms with Crippen LogP contribution in [0.15, 0.2) is 61.5 Å². The van der Waals surface area contributed by atoms with Gasteiger partial charge in [-0.3, -0.25) is 28.2 Å². The highest BCUT2D eigenvalue weighted by Crippen LogP contribution is 2.53. The number of hydrogen-bond acceptors (Lipinski definition) is 17. The summed E-state index contributed by atoms with van der Waals surface area (Å²) in [5.74, 6) is -0.117. The number of amides is 1. The van der Waals surface area contributed by atoms with E-state index in [1.165, 1.54) is 22.9 Å². The van der Waals surface area contributed by atoms with Gasteiger partial charge in [-0.05, 0) is 69.9 Å². The number of aromatic nitrogens is 5. The summed E-state index contributed by atoms with van der Waals surface area (Å²) in [6, 6.07) is 10.2. The van der Waals surface area contributed by atoms with Crippen molar-refractivity contribution >= 4 is 75.7 Å². The van der Waals surface area contributed by atoms with Crippen LogP contribution in [0.4, 0.5) is 17.6 Å². The lowest BCUT2D eigenvalue weighted by Gasteiger charge is -2.27. The number of H-pyrrole nitrogens is 1. The van der Waals surface area contributed by atoms with Crippen molar-refractivity contribution in [2.45, 2.75) is 101 Å². The highest BCUT2D eigenvalue weighted by atomic mass is 32.2. The van der Waals surface area contributed by atoms with Crippen LogP contribution in [0.3, 0.4) is 0 Å². The molecule has 2 aliphatic rings. The number of aromatic amines is 1. The quantitative estimate of drug-likeness (QED) is 0.0202. The van der Waals surface area contributed by atoms with Gasteiger partial charge in [0.1, 0.15) is 45.5 Å². The van der Waals surface area contributed by atoms with E-state index in [9.17, 15) is 41.9 Å². The molecule has 0 aliphatic carbocycles. The van der Waals surface area contributed by atoms with Crippen LogP contribution in [0.25, 0.3) is 34.3 Å². The molecule has 0 bridgehead atoms. The number of aryl methyl sites for hydroxylation is 1. The zero-order valence-corrected chi connectivity index (χ0v) is 38.2. The van der Waals surface area contributed by atoms with E-state index in [1.54, 1.807) is 22.8 Å². The maximum atomic E-state index is 12.9. The molecule has 4 aromatic heterocycles. The lowest BCUT2D eigenvalue weighted by atomic mass is 10.1. The first-order valence-corrected chi connectivity index (χ1v) is 24.7. The second-order valence-electron chi connectivity index (χ2n) is 16.0. The maximum Gasteiger partial charge on any atom is 0.472 e. The van der Waals surface area contributed by atoms with Gasteiger partial charge in [-0.15, -0.1) is 0 Å². The number of fused-ring (bicyclic) bond motifs is 3. The number of pyridine rings is 1. The van der Waals surface area contributed by atoms with Gasteiger partial charge in [0.15, 0.2) is 23.6 Å². The van der Waals surface area contributed by atoms with E-state index in [0.717, 1.165) is 43.4 Å². The number of aliphatic hydroxyl groups is 1. The number of anilines is 3. The Balaban J connectivity index is 0.843. The third-order valence-corrected chi connectivity index (χ3v) is 13.2. The monoisotopic (exact) mass is 955 g/mol. The van der Waals surface area contributed by atoms with Crippen LogP contribution in [0.1, 0.15) is 82.7 Å². The zero-order chi connectivity index (χ0) is 47.2. The largest absolute Gasteiger partial charge is 0.744 e. The predicted octanol–water partition coefficient (Wildman–Crippen LogP) is 3.14. The summed E-state index contributed by atoms with van der Waals surface area (Å²) in [5, 5.41) is 17.9. The summed E-state index contributed by atoms with van der Waals surface area (Å²) in [6.45, 7) is 6.67. The second kappa shape index (κ2) is 21.0. The van der Waals surface area contributed by atoms with Gasteiger partial charge in [-0.2, -0.15) is 9.55 Å². The summed E-state index contributed by atoms with van der Waals surface area (Å²) in [7, 11) is -9.10. The highest BCUT2D eigenvalue weighted by molar-refractivity contribution is 7.85. The van der Waals surface area contributed by atoms with Crippen molar-refractivity contribution < 1.29 is 55.1 Å². The summed E-state index contributed by atoms with van der Waals surface area (Å²) in [5.41, 5.74) is 6.94. The molecule has 2 saturated heterocycles. The number of imidazole rings is 1. The van der Waals surface area contributed by atoms with Crippen LogP contribution < -0.4 is 37.0 Å². The summed E-state index contributed by atoms with van der Waals surface area (Å²) in [4.78, 5) is 60.7. The topological polar surface area (TPSA) is 310 Å². The molecule has 22 nitrogen and oxygen atoms in total. The number of carbonyl (C=O) groups is 1. The first kappa shape index (κ1) is 48.4. The third-order valence-electron chi connectivity index (χ3n) is 11.4. The lowest BCUT2D eigenvalue weighted by molar-refractivity contribution is -0.700. The Kier molecular flexibility index (Phi) is 15.4. The molecule has 7 N–H and O–H groups in total. The minimum Gasteiger partial charge on any atom is -0.744 e. The minimum absolute atomic E-state index is 0.0325. The number of phosphoric acid groups is 1. The van der Waals surface area contributed by atoms with Crippen molar-refractivity contribution in [2.75, 3.05) is 48.7 Å². The molecule has 1 amide bonds. The molecule has 0 radical (unpaired) electrons. The number of unbranched alkanes of at least 4 members (excludes halogenated alkanes) is 5. The SMILES string of the molecule is CCN(CC)c1ccc2cc(/C=C/c3ccc(S(=O)(=O)[O-])c[n+]3CCCCCC(=O)NCCCCCCNc3nc4c(=O)[nH]c(N)nc4n3[C@@H]3O[C@@H]4COP(=O)(O)O[C@H]4[C@H]3O)c(=O)oc2c1. The van der Waals surface area contributed by atoms with Crippen LogP contribution in [-0.2, 0) is 39.8 Å². The van der Waals surface area contributed by atoms with E-state index >= 15 is 0 Å². The van der Waals surface area contributed by atoms with Gasteiger partial charge in [0.25, 0.3) is 5.56 Å². The summed E-state index contributed by atoms with van der Waals surface area (Å²) < 4.78 is 72.1. The number of nitrogen functional groups attached to an aromatic ring is 1. The van der Waals surface area contributed by atoms with Gasteiger partial charge in [0.2, 0.25) is 23.5 Å². The Hall–Kier alpha value is -5.52. The average molecular weight is 956 g/mol. The Morgan fingerprint density at radius 2 is 1.82 bits per heavy atom. The number of aliphatic hydroxyl groups excluding tert-OH is 1. The van der Waals surface area contributed by atoms with E-state index < -0.39 is 53.7 Å². The average Bonchev–Trinajstić information content (AvgIpc) is 3.79. The molecule has 2 fully saturated rings. The normalized spacial score (nSPS) is 20.9. The van der Waals surface area contributed by atoms with Crippen molar-refractivity contribution in [1.82, 2.24) is 24.8 Å². The molecular weight excluding hydrogens is 902 g/mol. The number of hydrogen-bond donors (Lipinski definition) is 6. The molecule has 0 saturated carbocycles. The molecule has 5 atom stereocenters. The summed E-state index contributed by atoms with van der Waals surface area (Å²) in [6.07, 6.45) is 4.98. The molecule has 6 heterocycles. The van der Waals surface area contributed by atoms with Crippen LogP contribution in [0, 0.1) is 0 Å². The fourth-order valence-electron chi connectivity index (χ4n) is 8.00. The number of ether oxygens (including phenoxy) is 1. The molecule has 1 aromatic carbocycles. The number of nitrogens with two attached hydrogens (primary N) is 1. The van der Waals surface area contributed by atoms with E-state index in [4.69, 9.17) is 23.9 Å². The Labute approximate surface area is 379 Å². The molecule has 5 aromatic rings. The fourth-order valence-corrected chi connectivity index (χ4v) is 9.46. The van der Waals surface area contributed by atoms with E-state index in [0.29, 0.717) is 68.6 Å². The van der Waals surface area contributed by atoms with E-state index in [1.807, 2.05) is 32.0 Å². The number of nitrogens with zero attached hydrogens (tertiary/aromatic N) is 5. The van der Waals surface area contributed by atoms with Crippen LogP contribution >= 0.6 is 7.82 Å². The maximum absolute atomic E-state index is 12.9. The molecule has 24 heteroatoms. The number of benzene rings is 1. The Morgan fingerprint density at radius 3 is 2.58 bits per heavy atom. The third kappa shape index (κ3) is 11.5. The van der Waals surface area contributed by atoms with Gasteiger partial charge in [-0.1, -0.05) is 12.8 Å². The number of phosphoric ester groups is 1. The fraction of sp³-hybridized carbons (Fsp3) is 0.476. The van der Waals surface area contributed by atoms with Crippen LogP contribution in [0.5, 0.6) is 0 Å². The second-order valence-corrected chi connectivity index (χ2v) is 18.8. The highest BCUT2D eigenvalue weighted by Gasteiger charge is 2.53. The summed E-state index contributed by atoms with van der Waals surface area (Å²) >= 11 is 0. The van der Waals surface area contributed by atoms with Gasteiger partial charge < -0.3 is 45.0 Å². The van der Waals surface area contributed by atoms with Crippen molar-refractivity contribution in [3.05, 3.63) is 74.6 Å². The minimum atomic E-state index is -4.72. The van der Waals surface area contributed by atoms with Gasteiger partial charge in [0, 0.05) is 68.3 Å². The van der Waals surface area contributed by atoms with Crippen molar-refractivity contribution in [3.63, 3.8) is 0 Å². The number of carbonyl (C=O) groups excluding carboxylic acids is 1. The zero-order valence-electron chi connectivity index (χ0n) is 36.5. The van der Waals surface area contributed by atoms with Crippen molar-refractivity contribution in [1.29, 1.82) is 0 Å². The molecular formula is C42H54N9O13PS. The Bertz CT molecular complexity index is 2870. The van der Waals surface area contributed by atoms with Crippen LogP contribution in [-0.4, -0.2) is 99.5 Å². The first-order chi connectivity index (χ1) is 31.5. The number of rotatable bonds is 21. The van der Waals surface area contributed by atoms with E-state index in [-0.39, 0.29) is 40.5 Å². The molecule has 356 valence electrons. The van der Waals surface area contributed by atoms with Gasteiger partial charge in [-0.25, -0.2) is 22.8 Å². The van der Waals surface area contributed by atoms with Crippen molar-refractivity contribution in [2.24, 2.45) is 0 Å². The first-order valence-electron chi connectivity index (χ1n) is 21.8. The van der Waals surface area contributed by atoms with Gasteiger partial charge in [0.05, 0.1) is 12.2 Å². The smallest absolute Gasteiger partial charge is 0.472 e. The molecule has 2 aliphatic heterocycles. The Morgan fingerprint density at radius 1 is 1.06 bits per heavy atom. The van der Waals surface area contributed by atoms with Crippen molar-refractivity contribution in [3.8, 4) is 0 Å². The van der Waals surface area contributed by atoms with Crippen LogP contribution in [0.2, 0.25) is 0 Å².